The molecule has 0 saturated carbocycles. The average molecular weight is 274 g/mol. The lowest BCUT2D eigenvalue weighted by molar-refractivity contribution is 0.102. The van der Waals surface area contributed by atoms with Crippen LogP contribution in [0.25, 0.3) is 0 Å². The summed E-state index contributed by atoms with van der Waals surface area (Å²) in [4.78, 5) is 17.6. The van der Waals surface area contributed by atoms with Crippen LogP contribution in [0.15, 0.2) is 36.5 Å². The van der Waals surface area contributed by atoms with Crippen LogP contribution >= 0.6 is 0 Å². The molecule has 1 heterocycles. The molecule has 1 aromatic carbocycles. The SMILES string of the molecule is CN(C)c1ccccc1NC(=O)c1ccnc(N)c1F. The van der Waals surface area contributed by atoms with E-state index in [1.165, 1.54) is 12.3 Å². The summed E-state index contributed by atoms with van der Waals surface area (Å²) < 4.78 is 13.8. The highest BCUT2D eigenvalue weighted by Crippen LogP contribution is 2.24. The third kappa shape index (κ3) is 2.69. The van der Waals surface area contributed by atoms with E-state index in [-0.39, 0.29) is 11.4 Å². The number of amides is 1. The molecule has 0 unspecified atom stereocenters. The molecule has 0 radical (unpaired) electrons. The number of hydrogen-bond donors (Lipinski definition) is 2. The predicted molar refractivity (Wildman–Crippen MR) is 77.3 cm³/mol. The minimum Gasteiger partial charge on any atom is -0.381 e. The number of aromatic nitrogens is 1. The van der Waals surface area contributed by atoms with Gasteiger partial charge in [0.25, 0.3) is 5.91 Å². The Hall–Kier alpha value is -2.63. The van der Waals surface area contributed by atoms with Gasteiger partial charge in [-0.25, -0.2) is 9.37 Å². The van der Waals surface area contributed by atoms with Crippen LogP contribution in [0.1, 0.15) is 10.4 Å². The number of halogens is 1. The summed E-state index contributed by atoms with van der Waals surface area (Å²) in [5, 5.41) is 2.67. The highest BCUT2D eigenvalue weighted by Gasteiger charge is 2.16. The Morgan fingerprint density at radius 2 is 2.00 bits per heavy atom. The number of carbonyl (C=O) groups is 1. The largest absolute Gasteiger partial charge is 0.381 e. The van der Waals surface area contributed by atoms with Crippen molar-refractivity contribution >= 4 is 23.1 Å². The van der Waals surface area contributed by atoms with E-state index >= 15 is 0 Å². The molecule has 0 aliphatic rings. The Bertz CT molecular complexity index is 643. The number of para-hydroxylation sites is 2. The second kappa shape index (κ2) is 5.56. The van der Waals surface area contributed by atoms with Gasteiger partial charge in [0.15, 0.2) is 11.6 Å². The molecular weight excluding hydrogens is 259 g/mol. The first-order valence-corrected chi connectivity index (χ1v) is 5.98. The maximum Gasteiger partial charge on any atom is 0.258 e. The van der Waals surface area contributed by atoms with E-state index < -0.39 is 11.7 Å². The van der Waals surface area contributed by atoms with Crippen molar-refractivity contribution in [2.24, 2.45) is 0 Å². The molecule has 2 rings (SSSR count). The summed E-state index contributed by atoms with van der Waals surface area (Å²) >= 11 is 0. The van der Waals surface area contributed by atoms with Gasteiger partial charge in [-0.05, 0) is 18.2 Å². The van der Waals surface area contributed by atoms with E-state index in [0.29, 0.717) is 5.69 Å². The van der Waals surface area contributed by atoms with Crippen LogP contribution in [0, 0.1) is 5.82 Å². The first-order valence-electron chi connectivity index (χ1n) is 5.98. The predicted octanol–water partition coefficient (Wildman–Crippen LogP) is 2.12. The molecule has 20 heavy (non-hydrogen) atoms. The van der Waals surface area contributed by atoms with Crippen molar-refractivity contribution in [3.8, 4) is 0 Å². The smallest absolute Gasteiger partial charge is 0.258 e. The van der Waals surface area contributed by atoms with Gasteiger partial charge in [0.2, 0.25) is 0 Å². The van der Waals surface area contributed by atoms with Crippen LogP contribution in [-0.4, -0.2) is 25.0 Å². The molecule has 1 amide bonds. The van der Waals surface area contributed by atoms with E-state index in [9.17, 15) is 9.18 Å². The lowest BCUT2D eigenvalue weighted by Gasteiger charge is -2.17. The summed E-state index contributed by atoms with van der Waals surface area (Å²) in [5.74, 6) is -1.67. The van der Waals surface area contributed by atoms with Crippen molar-refractivity contribution in [1.82, 2.24) is 4.98 Å². The normalized spacial score (nSPS) is 10.2. The first kappa shape index (κ1) is 13.8. The molecule has 6 heteroatoms. The Balaban J connectivity index is 2.31. The van der Waals surface area contributed by atoms with Crippen LogP contribution in [0.4, 0.5) is 21.6 Å². The minimum absolute atomic E-state index is 0.133. The molecule has 0 aliphatic carbocycles. The Morgan fingerprint density at radius 1 is 1.30 bits per heavy atom. The molecule has 0 aliphatic heterocycles. The summed E-state index contributed by atoms with van der Waals surface area (Å²) in [6.07, 6.45) is 1.30. The fraction of sp³-hybridized carbons (Fsp3) is 0.143. The van der Waals surface area contributed by atoms with Crippen LogP contribution < -0.4 is 16.0 Å². The molecule has 0 fully saturated rings. The number of anilines is 3. The Kier molecular flexibility index (Phi) is 3.84. The quantitative estimate of drug-likeness (QED) is 0.899. The Labute approximate surface area is 116 Å². The van der Waals surface area contributed by atoms with E-state index in [1.54, 1.807) is 12.1 Å². The Morgan fingerprint density at radius 3 is 2.70 bits per heavy atom. The second-order valence-electron chi connectivity index (χ2n) is 4.42. The molecular formula is C14H15FN4O. The van der Waals surface area contributed by atoms with Crippen LogP contribution in [-0.2, 0) is 0 Å². The van der Waals surface area contributed by atoms with Crippen molar-refractivity contribution in [3.63, 3.8) is 0 Å². The van der Waals surface area contributed by atoms with Crippen molar-refractivity contribution < 1.29 is 9.18 Å². The zero-order valence-electron chi connectivity index (χ0n) is 11.2. The zero-order chi connectivity index (χ0) is 14.7. The molecule has 104 valence electrons. The molecule has 0 atom stereocenters. The van der Waals surface area contributed by atoms with Gasteiger partial charge >= 0.3 is 0 Å². The van der Waals surface area contributed by atoms with Crippen molar-refractivity contribution in [2.75, 3.05) is 30.0 Å². The number of rotatable bonds is 3. The molecule has 0 spiro atoms. The van der Waals surface area contributed by atoms with Gasteiger partial charge in [0.05, 0.1) is 16.9 Å². The number of nitrogens with one attached hydrogen (secondary N) is 1. The van der Waals surface area contributed by atoms with Crippen molar-refractivity contribution in [3.05, 3.63) is 47.9 Å². The number of benzene rings is 1. The number of nitrogen functional groups attached to an aromatic ring is 1. The minimum atomic E-state index is -0.813. The molecule has 0 bridgehead atoms. The third-order valence-corrected chi connectivity index (χ3v) is 2.79. The van der Waals surface area contributed by atoms with Gasteiger partial charge in [-0.15, -0.1) is 0 Å². The monoisotopic (exact) mass is 274 g/mol. The summed E-state index contributed by atoms with van der Waals surface area (Å²) in [6, 6.07) is 8.54. The summed E-state index contributed by atoms with van der Waals surface area (Å²) in [7, 11) is 3.71. The van der Waals surface area contributed by atoms with E-state index in [4.69, 9.17) is 5.73 Å². The van der Waals surface area contributed by atoms with Crippen molar-refractivity contribution in [2.45, 2.75) is 0 Å². The van der Waals surface area contributed by atoms with Gasteiger partial charge in [-0.3, -0.25) is 4.79 Å². The fourth-order valence-corrected chi connectivity index (χ4v) is 1.79. The first-order chi connectivity index (χ1) is 9.50. The highest BCUT2D eigenvalue weighted by atomic mass is 19.1. The number of hydrogen-bond acceptors (Lipinski definition) is 4. The van der Waals surface area contributed by atoms with Crippen LogP contribution in [0.3, 0.4) is 0 Å². The summed E-state index contributed by atoms with van der Waals surface area (Å²) in [6.45, 7) is 0. The maximum absolute atomic E-state index is 13.8. The lowest BCUT2D eigenvalue weighted by atomic mass is 10.2. The second-order valence-corrected chi connectivity index (χ2v) is 4.42. The van der Waals surface area contributed by atoms with E-state index in [2.05, 4.69) is 10.3 Å². The van der Waals surface area contributed by atoms with Crippen molar-refractivity contribution in [1.29, 1.82) is 0 Å². The molecule has 5 nitrogen and oxygen atoms in total. The topological polar surface area (TPSA) is 71.2 Å². The fourth-order valence-electron chi connectivity index (χ4n) is 1.79. The number of nitrogens with zero attached hydrogens (tertiary/aromatic N) is 2. The van der Waals surface area contributed by atoms with Crippen LogP contribution in [0.5, 0.6) is 0 Å². The van der Waals surface area contributed by atoms with Crippen LogP contribution in [0.2, 0.25) is 0 Å². The standard InChI is InChI=1S/C14H15FN4O/c1-19(2)11-6-4-3-5-10(11)18-14(20)9-7-8-17-13(16)12(9)15/h3-8H,1-2H3,(H2,16,17)(H,18,20). The van der Waals surface area contributed by atoms with Gasteiger partial charge in [-0.1, -0.05) is 12.1 Å². The van der Waals surface area contributed by atoms with E-state index in [0.717, 1.165) is 5.69 Å². The molecule has 0 saturated heterocycles. The number of pyridine rings is 1. The van der Waals surface area contributed by atoms with Gasteiger partial charge in [0.1, 0.15) is 0 Å². The molecule has 1 aromatic heterocycles. The average Bonchev–Trinajstić information content (AvgIpc) is 2.42. The van der Waals surface area contributed by atoms with Gasteiger partial charge in [0, 0.05) is 20.3 Å². The molecule has 2 aromatic rings. The lowest BCUT2D eigenvalue weighted by Crippen LogP contribution is -2.18. The maximum atomic E-state index is 13.8. The summed E-state index contributed by atoms with van der Waals surface area (Å²) in [5.41, 5.74) is 6.64. The number of nitrogens with two attached hydrogens (primary N) is 1. The number of carbonyl (C=O) groups excluding carboxylic acids is 1. The molecule has 3 N–H and O–H groups in total. The van der Waals surface area contributed by atoms with Gasteiger partial charge in [-0.2, -0.15) is 0 Å². The van der Waals surface area contributed by atoms with Gasteiger partial charge < -0.3 is 16.0 Å². The van der Waals surface area contributed by atoms with E-state index in [1.807, 2.05) is 31.1 Å². The highest BCUT2D eigenvalue weighted by molar-refractivity contribution is 6.06. The zero-order valence-corrected chi connectivity index (χ0v) is 11.2. The third-order valence-electron chi connectivity index (χ3n) is 2.79.